The molecule has 1 saturated heterocycles. The summed E-state index contributed by atoms with van der Waals surface area (Å²) in [6.07, 6.45) is 0. The Morgan fingerprint density at radius 2 is 1.65 bits per heavy atom. The van der Waals surface area contributed by atoms with Crippen molar-refractivity contribution in [2.75, 3.05) is 4.90 Å². The van der Waals surface area contributed by atoms with Gasteiger partial charge in [0.05, 0.1) is 21.8 Å². The maximum atomic E-state index is 13.2. The highest BCUT2D eigenvalue weighted by Crippen LogP contribution is 2.44. The SMILES string of the molecule is O=C1C(=O)N(c2nc3cc(Br)ccc3s2)C(c2ccccc2)C1=C(O)c1ccccc1. The number of thiazole rings is 1. The zero-order valence-electron chi connectivity index (χ0n) is 16.0. The number of aliphatic hydroxyl groups is 1. The molecular formula is C24H15BrN2O3S. The van der Waals surface area contributed by atoms with Crippen molar-refractivity contribution in [1.82, 2.24) is 4.98 Å². The van der Waals surface area contributed by atoms with Gasteiger partial charge in [-0.25, -0.2) is 4.98 Å². The zero-order chi connectivity index (χ0) is 21.5. The van der Waals surface area contributed by atoms with Gasteiger partial charge >= 0.3 is 5.91 Å². The van der Waals surface area contributed by atoms with Gasteiger partial charge in [0.25, 0.3) is 5.78 Å². The molecule has 5 rings (SSSR count). The molecule has 1 N–H and O–H groups in total. The second-order valence-electron chi connectivity index (χ2n) is 7.05. The van der Waals surface area contributed by atoms with Gasteiger partial charge in [-0.2, -0.15) is 0 Å². The van der Waals surface area contributed by atoms with Crippen LogP contribution in [0.3, 0.4) is 0 Å². The van der Waals surface area contributed by atoms with Gasteiger partial charge in [-0.05, 0) is 23.8 Å². The van der Waals surface area contributed by atoms with Crippen LogP contribution in [0.2, 0.25) is 0 Å². The van der Waals surface area contributed by atoms with Gasteiger partial charge in [0.2, 0.25) is 0 Å². The van der Waals surface area contributed by atoms with E-state index in [9.17, 15) is 14.7 Å². The van der Waals surface area contributed by atoms with E-state index in [0.29, 0.717) is 10.7 Å². The zero-order valence-corrected chi connectivity index (χ0v) is 18.4. The van der Waals surface area contributed by atoms with Crippen molar-refractivity contribution in [3.05, 3.63) is 100 Å². The number of aromatic nitrogens is 1. The molecular weight excluding hydrogens is 476 g/mol. The molecule has 0 saturated carbocycles. The summed E-state index contributed by atoms with van der Waals surface area (Å²) in [6.45, 7) is 0. The molecule has 1 unspecified atom stereocenters. The first-order valence-electron chi connectivity index (χ1n) is 9.52. The van der Waals surface area contributed by atoms with E-state index in [1.807, 2.05) is 54.6 Å². The molecule has 1 atom stereocenters. The molecule has 3 aromatic carbocycles. The Hall–Kier alpha value is -3.29. The summed E-state index contributed by atoms with van der Waals surface area (Å²) in [7, 11) is 0. The highest BCUT2D eigenvalue weighted by molar-refractivity contribution is 9.10. The van der Waals surface area contributed by atoms with E-state index in [1.165, 1.54) is 16.2 Å². The van der Waals surface area contributed by atoms with Gasteiger partial charge in [0.15, 0.2) is 5.13 Å². The number of carbonyl (C=O) groups excluding carboxylic acids is 2. The molecule has 2 heterocycles. The number of rotatable bonds is 3. The standard InChI is InChI=1S/C24H15BrN2O3S/c25-16-11-12-18-17(13-16)26-24(31-18)27-20(14-7-3-1-4-8-14)19(22(29)23(27)30)21(28)15-9-5-2-6-10-15/h1-13,20,28H. The Kier molecular flexibility index (Phi) is 4.92. The molecule has 1 fully saturated rings. The third kappa shape index (κ3) is 3.36. The summed E-state index contributed by atoms with van der Waals surface area (Å²) >= 11 is 4.77. The van der Waals surface area contributed by atoms with Crippen LogP contribution in [0.4, 0.5) is 5.13 Å². The van der Waals surface area contributed by atoms with Crippen LogP contribution < -0.4 is 4.90 Å². The predicted molar refractivity (Wildman–Crippen MR) is 125 cm³/mol. The lowest BCUT2D eigenvalue weighted by Gasteiger charge is -2.22. The summed E-state index contributed by atoms with van der Waals surface area (Å²) in [4.78, 5) is 32.3. The Balaban J connectivity index is 1.73. The minimum absolute atomic E-state index is 0.0582. The van der Waals surface area contributed by atoms with Crippen LogP contribution in [-0.4, -0.2) is 21.8 Å². The number of Topliss-reactive ketones (excluding diaryl/α,β-unsaturated/α-hetero) is 1. The number of aliphatic hydroxyl groups excluding tert-OH is 1. The maximum Gasteiger partial charge on any atom is 0.301 e. The molecule has 1 aromatic heterocycles. The van der Waals surface area contributed by atoms with Crippen LogP contribution in [0.15, 0.2) is 88.9 Å². The lowest BCUT2D eigenvalue weighted by Crippen LogP contribution is -2.29. The minimum atomic E-state index is -0.773. The summed E-state index contributed by atoms with van der Waals surface area (Å²) in [5.41, 5.74) is 1.99. The van der Waals surface area contributed by atoms with Gasteiger partial charge in [-0.1, -0.05) is 87.9 Å². The van der Waals surface area contributed by atoms with Gasteiger partial charge in [0, 0.05) is 10.0 Å². The number of fused-ring (bicyclic) bond motifs is 1. The molecule has 1 amide bonds. The molecule has 5 nitrogen and oxygen atoms in total. The third-order valence-corrected chi connectivity index (χ3v) is 6.68. The van der Waals surface area contributed by atoms with Crippen molar-refractivity contribution in [1.29, 1.82) is 0 Å². The fraction of sp³-hybridized carbons (Fsp3) is 0.0417. The van der Waals surface area contributed by atoms with E-state index < -0.39 is 17.7 Å². The molecule has 0 radical (unpaired) electrons. The lowest BCUT2D eigenvalue weighted by molar-refractivity contribution is -0.132. The highest BCUT2D eigenvalue weighted by Gasteiger charge is 2.48. The van der Waals surface area contributed by atoms with Crippen LogP contribution in [0.5, 0.6) is 0 Å². The monoisotopic (exact) mass is 490 g/mol. The molecule has 0 aliphatic carbocycles. The van der Waals surface area contributed by atoms with Crippen molar-refractivity contribution in [3.8, 4) is 0 Å². The molecule has 152 valence electrons. The molecule has 7 heteroatoms. The molecule has 4 aromatic rings. The van der Waals surface area contributed by atoms with E-state index in [1.54, 1.807) is 24.3 Å². The molecule has 31 heavy (non-hydrogen) atoms. The molecule has 0 bridgehead atoms. The van der Waals surface area contributed by atoms with Gasteiger partial charge in [0.1, 0.15) is 5.76 Å². The number of ketones is 1. The quantitative estimate of drug-likeness (QED) is 0.227. The number of anilines is 1. The maximum absolute atomic E-state index is 13.2. The first-order valence-corrected chi connectivity index (χ1v) is 11.1. The van der Waals surface area contributed by atoms with Crippen LogP contribution >= 0.6 is 27.3 Å². The van der Waals surface area contributed by atoms with Crippen molar-refractivity contribution in [2.24, 2.45) is 0 Å². The van der Waals surface area contributed by atoms with Crippen molar-refractivity contribution < 1.29 is 14.7 Å². The smallest absolute Gasteiger partial charge is 0.301 e. The van der Waals surface area contributed by atoms with E-state index in [2.05, 4.69) is 20.9 Å². The Morgan fingerprint density at radius 1 is 0.968 bits per heavy atom. The first-order chi connectivity index (χ1) is 15.0. The topological polar surface area (TPSA) is 70.5 Å². The van der Waals surface area contributed by atoms with Crippen molar-refractivity contribution in [3.63, 3.8) is 0 Å². The second-order valence-corrected chi connectivity index (χ2v) is 8.98. The minimum Gasteiger partial charge on any atom is -0.507 e. The number of hydrogen-bond acceptors (Lipinski definition) is 5. The van der Waals surface area contributed by atoms with Gasteiger partial charge in [-0.15, -0.1) is 0 Å². The fourth-order valence-corrected chi connectivity index (χ4v) is 5.05. The van der Waals surface area contributed by atoms with Crippen LogP contribution in [0.1, 0.15) is 17.2 Å². The van der Waals surface area contributed by atoms with Gasteiger partial charge in [-0.3, -0.25) is 14.5 Å². The normalized spacial score (nSPS) is 18.1. The third-order valence-electron chi connectivity index (χ3n) is 5.15. The summed E-state index contributed by atoms with van der Waals surface area (Å²) in [5, 5.41) is 11.5. The fourth-order valence-electron chi connectivity index (χ4n) is 3.72. The first kappa shape index (κ1) is 19.7. The average molecular weight is 491 g/mol. The summed E-state index contributed by atoms with van der Waals surface area (Å²) < 4.78 is 1.78. The molecule has 1 aliphatic heterocycles. The van der Waals surface area contributed by atoms with Crippen LogP contribution in [-0.2, 0) is 9.59 Å². The van der Waals surface area contributed by atoms with E-state index in [0.717, 1.165) is 20.3 Å². The predicted octanol–water partition coefficient (Wildman–Crippen LogP) is 5.69. The summed E-state index contributed by atoms with van der Waals surface area (Å²) in [6, 6.07) is 22.9. The number of nitrogens with zero attached hydrogens (tertiary/aromatic N) is 2. The van der Waals surface area contributed by atoms with E-state index in [-0.39, 0.29) is 11.3 Å². The number of halogens is 1. The number of amides is 1. The number of benzene rings is 3. The number of hydrogen-bond donors (Lipinski definition) is 1. The van der Waals surface area contributed by atoms with Crippen molar-refractivity contribution in [2.45, 2.75) is 6.04 Å². The highest BCUT2D eigenvalue weighted by atomic mass is 79.9. The Labute approximate surface area is 190 Å². The summed E-state index contributed by atoms with van der Waals surface area (Å²) in [5.74, 6) is -1.63. The largest absolute Gasteiger partial charge is 0.507 e. The second kappa shape index (κ2) is 7.76. The lowest BCUT2D eigenvalue weighted by atomic mass is 9.95. The molecule has 0 spiro atoms. The van der Waals surface area contributed by atoms with Crippen LogP contribution in [0, 0.1) is 0 Å². The Bertz CT molecular complexity index is 1350. The van der Waals surface area contributed by atoms with Crippen LogP contribution in [0.25, 0.3) is 16.0 Å². The van der Waals surface area contributed by atoms with E-state index in [4.69, 9.17) is 0 Å². The van der Waals surface area contributed by atoms with Gasteiger partial charge < -0.3 is 5.11 Å². The van der Waals surface area contributed by atoms with E-state index >= 15 is 0 Å². The van der Waals surface area contributed by atoms with Crippen molar-refractivity contribution >= 4 is 60.1 Å². The molecule has 1 aliphatic rings. The Morgan fingerprint density at radius 3 is 2.35 bits per heavy atom. The average Bonchev–Trinajstić information content (AvgIpc) is 3.32. The number of carbonyl (C=O) groups is 2.